The molecule has 0 atom stereocenters. The zero-order valence-electron chi connectivity index (χ0n) is 10.1. The second-order valence-corrected chi connectivity index (χ2v) is 4.82. The van der Waals surface area contributed by atoms with Crippen molar-refractivity contribution in [2.45, 2.75) is 18.9 Å². The Balaban J connectivity index is 1.78. The molecule has 94 valence electrons. The van der Waals surface area contributed by atoms with Crippen LogP contribution in [0.25, 0.3) is 0 Å². The van der Waals surface area contributed by atoms with Crippen LogP contribution in [0.5, 0.6) is 0 Å². The third-order valence-electron chi connectivity index (χ3n) is 3.32. The highest BCUT2D eigenvalue weighted by molar-refractivity contribution is 6.10. The summed E-state index contributed by atoms with van der Waals surface area (Å²) in [4.78, 5) is 25.3. The van der Waals surface area contributed by atoms with E-state index < -0.39 is 0 Å². The van der Waals surface area contributed by atoms with Gasteiger partial charge in [-0.1, -0.05) is 12.1 Å². The number of hydrogen-bond acceptors (Lipinski definition) is 2. The normalized spacial score (nSPS) is 18.2. The maximum atomic E-state index is 12.2. The van der Waals surface area contributed by atoms with E-state index in [1.165, 1.54) is 12.8 Å². The molecule has 1 saturated carbocycles. The van der Waals surface area contributed by atoms with Crippen molar-refractivity contribution in [3.8, 4) is 0 Å². The molecule has 1 aliphatic heterocycles. The van der Waals surface area contributed by atoms with Gasteiger partial charge in [-0.3, -0.25) is 14.5 Å². The van der Waals surface area contributed by atoms with Gasteiger partial charge in [0.1, 0.15) is 6.54 Å². The number of fused-ring (bicyclic) bond motifs is 1. The first-order valence-corrected chi connectivity index (χ1v) is 6.26. The number of quaternary nitrogens is 1. The van der Waals surface area contributed by atoms with Crippen LogP contribution in [0.15, 0.2) is 24.3 Å². The zero-order chi connectivity index (χ0) is 12.5. The Kier molecular flexibility index (Phi) is 2.76. The summed E-state index contributed by atoms with van der Waals surface area (Å²) in [5, 5.41) is 4.85. The number of hydrogen-bond donors (Lipinski definition) is 2. The number of nitrogens with one attached hydrogen (secondary N) is 1. The monoisotopic (exact) mass is 246 g/mol. The summed E-state index contributed by atoms with van der Waals surface area (Å²) < 4.78 is 0. The van der Waals surface area contributed by atoms with Gasteiger partial charge >= 0.3 is 0 Å². The van der Waals surface area contributed by atoms with Gasteiger partial charge in [0, 0.05) is 12.8 Å². The van der Waals surface area contributed by atoms with E-state index in [1.807, 2.05) is 24.3 Å². The zero-order valence-corrected chi connectivity index (χ0v) is 10.1. The number of carbonyl (C=O) groups excluding carboxylic acids is 2. The fraction of sp³-hybridized carbons (Fsp3) is 0.385. The predicted octanol–water partition coefficient (Wildman–Crippen LogP) is -0.302. The van der Waals surface area contributed by atoms with E-state index in [0.29, 0.717) is 18.3 Å². The van der Waals surface area contributed by atoms with Crippen molar-refractivity contribution in [1.29, 1.82) is 0 Å². The predicted molar refractivity (Wildman–Crippen MR) is 67.2 cm³/mol. The summed E-state index contributed by atoms with van der Waals surface area (Å²) in [6, 6.07) is 8.02. The van der Waals surface area contributed by atoms with E-state index in [9.17, 15) is 9.59 Å². The van der Waals surface area contributed by atoms with Crippen molar-refractivity contribution in [3.05, 3.63) is 24.3 Å². The summed E-state index contributed by atoms with van der Waals surface area (Å²) in [6.45, 7) is 0.542. The molecule has 2 amide bonds. The Bertz CT molecular complexity index is 497. The molecule has 3 N–H and O–H groups in total. The molecule has 1 aromatic rings. The molecule has 3 rings (SSSR count). The number of para-hydroxylation sites is 2. The van der Waals surface area contributed by atoms with Crippen molar-refractivity contribution < 1.29 is 14.9 Å². The first kappa shape index (κ1) is 11.2. The molecule has 0 bridgehead atoms. The Morgan fingerprint density at radius 1 is 1.39 bits per heavy atom. The van der Waals surface area contributed by atoms with E-state index in [0.717, 1.165) is 5.69 Å². The fourth-order valence-electron chi connectivity index (χ4n) is 2.17. The number of anilines is 2. The largest absolute Gasteiger partial charge is 0.336 e. The number of rotatable bonds is 3. The third kappa shape index (κ3) is 2.22. The van der Waals surface area contributed by atoms with Crippen LogP contribution in [0.2, 0.25) is 0 Å². The highest BCUT2D eigenvalue weighted by atomic mass is 16.2. The Morgan fingerprint density at radius 2 is 2.17 bits per heavy atom. The number of nitrogens with two attached hydrogens (primary N) is 1. The SMILES string of the molecule is O=C1CN(C(=O)C[NH2+]C2CC2)c2ccccc2N1. The lowest BCUT2D eigenvalue weighted by molar-refractivity contribution is -0.657. The molecule has 0 radical (unpaired) electrons. The lowest BCUT2D eigenvalue weighted by Crippen LogP contribution is -2.88. The van der Waals surface area contributed by atoms with Gasteiger partial charge in [-0.2, -0.15) is 0 Å². The first-order chi connectivity index (χ1) is 8.74. The van der Waals surface area contributed by atoms with Crippen LogP contribution >= 0.6 is 0 Å². The maximum absolute atomic E-state index is 12.2. The van der Waals surface area contributed by atoms with Crippen LogP contribution in [0, 0.1) is 0 Å². The van der Waals surface area contributed by atoms with Gasteiger partial charge < -0.3 is 10.6 Å². The van der Waals surface area contributed by atoms with Crippen LogP contribution in [0.3, 0.4) is 0 Å². The Morgan fingerprint density at radius 3 is 2.94 bits per heavy atom. The van der Waals surface area contributed by atoms with Crippen molar-refractivity contribution in [2.24, 2.45) is 0 Å². The molecule has 0 spiro atoms. The molecule has 18 heavy (non-hydrogen) atoms. The van der Waals surface area contributed by atoms with Crippen LogP contribution in [0.4, 0.5) is 11.4 Å². The summed E-state index contributed by atoms with van der Waals surface area (Å²) in [6.07, 6.45) is 2.40. The highest BCUT2D eigenvalue weighted by Gasteiger charge is 2.30. The Labute approximate surface area is 105 Å². The molecule has 1 heterocycles. The topological polar surface area (TPSA) is 66.0 Å². The molecule has 5 heteroatoms. The van der Waals surface area contributed by atoms with Gasteiger partial charge in [-0.25, -0.2) is 0 Å². The molecule has 1 fully saturated rings. The number of benzene rings is 1. The number of amides is 2. The van der Waals surface area contributed by atoms with Crippen LogP contribution in [-0.4, -0.2) is 30.9 Å². The molecule has 1 aromatic carbocycles. The summed E-state index contributed by atoms with van der Waals surface area (Å²) >= 11 is 0. The van der Waals surface area contributed by atoms with Crippen LogP contribution in [0.1, 0.15) is 12.8 Å². The van der Waals surface area contributed by atoms with E-state index in [2.05, 4.69) is 10.6 Å². The van der Waals surface area contributed by atoms with Gasteiger partial charge in [0.25, 0.3) is 5.91 Å². The lowest BCUT2D eigenvalue weighted by Gasteiger charge is -2.28. The van der Waals surface area contributed by atoms with Gasteiger partial charge in [0.05, 0.1) is 17.4 Å². The minimum absolute atomic E-state index is 0.00389. The van der Waals surface area contributed by atoms with Gasteiger partial charge in [0.2, 0.25) is 5.91 Å². The van der Waals surface area contributed by atoms with E-state index >= 15 is 0 Å². The lowest BCUT2D eigenvalue weighted by atomic mass is 10.2. The molecule has 2 aliphatic rings. The average molecular weight is 246 g/mol. The molecular weight excluding hydrogens is 230 g/mol. The van der Waals surface area contributed by atoms with Gasteiger partial charge in [0.15, 0.2) is 6.54 Å². The van der Waals surface area contributed by atoms with Crippen molar-refractivity contribution in [1.82, 2.24) is 0 Å². The molecule has 0 aromatic heterocycles. The minimum atomic E-state index is -0.131. The smallest absolute Gasteiger partial charge is 0.282 e. The fourth-order valence-corrected chi connectivity index (χ4v) is 2.17. The third-order valence-corrected chi connectivity index (χ3v) is 3.32. The van der Waals surface area contributed by atoms with Crippen LogP contribution in [-0.2, 0) is 9.59 Å². The van der Waals surface area contributed by atoms with Gasteiger partial charge in [-0.15, -0.1) is 0 Å². The van der Waals surface area contributed by atoms with Crippen molar-refractivity contribution in [3.63, 3.8) is 0 Å². The number of carbonyl (C=O) groups is 2. The summed E-state index contributed by atoms with van der Waals surface area (Å²) in [7, 11) is 0. The molecular formula is C13H16N3O2+. The Hall–Kier alpha value is -1.88. The van der Waals surface area contributed by atoms with E-state index in [4.69, 9.17) is 0 Å². The van der Waals surface area contributed by atoms with E-state index in [1.54, 1.807) is 4.90 Å². The maximum Gasteiger partial charge on any atom is 0.282 e. The summed E-state index contributed by atoms with van der Waals surface area (Å²) in [5.74, 6) is -0.127. The van der Waals surface area contributed by atoms with E-state index in [-0.39, 0.29) is 18.4 Å². The highest BCUT2D eigenvalue weighted by Crippen LogP contribution is 2.28. The average Bonchev–Trinajstić information content (AvgIpc) is 3.19. The van der Waals surface area contributed by atoms with Crippen LogP contribution < -0.4 is 15.5 Å². The molecule has 0 saturated heterocycles. The standard InChI is InChI=1S/C13H15N3O2/c17-12-8-16(13(18)7-14-9-5-6-9)11-4-2-1-3-10(11)15-12/h1-4,9,14H,5-8H2,(H,15,17)/p+1. The second kappa shape index (κ2) is 4.42. The quantitative estimate of drug-likeness (QED) is 0.769. The molecule has 5 nitrogen and oxygen atoms in total. The van der Waals surface area contributed by atoms with Crippen molar-refractivity contribution in [2.75, 3.05) is 23.3 Å². The molecule has 1 aliphatic carbocycles. The van der Waals surface area contributed by atoms with Gasteiger partial charge in [-0.05, 0) is 12.1 Å². The second-order valence-electron chi connectivity index (χ2n) is 4.82. The molecule has 0 unspecified atom stereocenters. The number of nitrogens with zero attached hydrogens (tertiary/aromatic N) is 1. The summed E-state index contributed by atoms with van der Waals surface area (Å²) in [5.41, 5.74) is 1.51. The van der Waals surface area contributed by atoms with Crippen molar-refractivity contribution >= 4 is 23.2 Å². The minimum Gasteiger partial charge on any atom is -0.336 e. The first-order valence-electron chi connectivity index (χ1n) is 6.26.